The molecule has 2 N–H and O–H groups in total. The summed E-state index contributed by atoms with van der Waals surface area (Å²) >= 11 is 0. The van der Waals surface area contributed by atoms with Gasteiger partial charge >= 0.3 is 0 Å². The van der Waals surface area contributed by atoms with Crippen LogP contribution in [0.1, 0.15) is 25.8 Å². The van der Waals surface area contributed by atoms with Gasteiger partial charge in [0.2, 0.25) is 10.0 Å². The summed E-state index contributed by atoms with van der Waals surface area (Å²) < 4.78 is 31.3. The molecule has 1 rings (SSSR count). The number of nitrogens with one attached hydrogen (secondary N) is 2. The number of hydrogen-bond donors (Lipinski definition) is 2. The van der Waals surface area contributed by atoms with Crippen LogP contribution < -0.4 is 10.0 Å². The Morgan fingerprint density at radius 2 is 2.05 bits per heavy atom. The largest absolute Gasteiger partial charge is 0.381 e. The zero-order chi connectivity index (χ0) is 14.8. The topological polar surface area (TPSA) is 67.4 Å². The molecule has 114 valence electrons. The average Bonchev–Trinajstić information content (AvgIpc) is 2.39. The quantitative estimate of drug-likeness (QED) is 0.648. The molecule has 0 atom stereocenters. The van der Waals surface area contributed by atoms with Crippen LogP contribution in [0.4, 0.5) is 5.69 Å². The van der Waals surface area contributed by atoms with Gasteiger partial charge in [0, 0.05) is 18.8 Å². The van der Waals surface area contributed by atoms with E-state index in [0.29, 0.717) is 12.3 Å². The monoisotopic (exact) mass is 300 g/mol. The van der Waals surface area contributed by atoms with Crippen molar-refractivity contribution in [3.8, 4) is 0 Å². The van der Waals surface area contributed by atoms with Crippen LogP contribution >= 0.6 is 0 Å². The summed E-state index contributed by atoms with van der Waals surface area (Å²) in [5, 5.41) is 3.29. The predicted octanol–water partition coefficient (Wildman–Crippen LogP) is 1.96. The zero-order valence-corrected chi connectivity index (χ0v) is 13.0. The lowest BCUT2D eigenvalue weighted by molar-refractivity contribution is 0.163. The molecule has 1 aromatic carbocycles. The number of anilines is 1. The van der Waals surface area contributed by atoms with Crippen LogP contribution in [0.2, 0.25) is 0 Å². The van der Waals surface area contributed by atoms with Crippen LogP contribution in [0.25, 0.3) is 0 Å². The van der Waals surface area contributed by atoms with Crippen LogP contribution in [0.15, 0.2) is 24.3 Å². The van der Waals surface area contributed by atoms with Crippen molar-refractivity contribution < 1.29 is 13.2 Å². The molecule has 0 fully saturated rings. The van der Waals surface area contributed by atoms with Crippen molar-refractivity contribution in [1.82, 2.24) is 5.32 Å². The van der Waals surface area contributed by atoms with Crippen LogP contribution in [-0.4, -0.2) is 33.9 Å². The fourth-order valence-electron chi connectivity index (χ4n) is 1.70. The first-order valence-electron chi connectivity index (χ1n) is 6.95. The molecular formula is C14H24N2O3S. The van der Waals surface area contributed by atoms with Crippen LogP contribution in [0, 0.1) is 0 Å². The summed E-state index contributed by atoms with van der Waals surface area (Å²) in [5.41, 5.74) is 1.65. The number of ether oxygens (including phenoxy) is 1. The van der Waals surface area contributed by atoms with Crippen molar-refractivity contribution in [3.05, 3.63) is 29.8 Å². The van der Waals surface area contributed by atoms with Crippen molar-refractivity contribution in [2.45, 2.75) is 26.8 Å². The predicted molar refractivity (Wildman–Crippen MR) is 82.3 cm³/mol. The van der Waals surface area contributed by atoms with Crippen LogP contribution in [0.5, 0.6) is 0 Å². The molecule has 0 heterocycles. The van der Waals surface area contributed by atoms with Crippen molar-refractivity contribution in [2.24, 2.45) is 0 Å². The Kier molecular flexibility index (Phi) is 7.58. The molecule has 0 saturated carbocycles. The van der Waals surface area contributed by atoms with Gasteiger partial charge in [0.15, 0.2) is 0 Å². The summed E-state index contributed by atoms with van der Waals surface area (Å²) in [6.45, 7) is 6.37. The van der Waals surface area contributed by atoms with E-state index >= 15 is 0 Å². The second kappa shape index (κ2) is 8.94. The second-order valence-corrected chi connectivity index (χ2v) is 6.34. The van der Waals surface area contributed by atoms with Gasteiger partial charge in [0.25, 0.3) is 0 Å². The molecular weight excluding hydrogens is 276 g/mol. The lowest BCUT2D eigenvalue weighted by atomic mass is 10.2. The number of hydrogen-bond acceptors (Lipinski definition) is 4. The molecule has 0 aliphatic carbocycles. The Bertz CT molecular complexity index is 489. The Balaban J connectivity index is 2.56. The Morgan fingerprint density at radius 1 is 1.25 bits per heavy atom. The normalized spacial score (nSPS) is 11.5. The maximum Gasteiger partial charge on any atom is 0.234 e. The standard InChI is InChI=1S/C14H24N2O3S/c1-3-8-15-12-13-6-5-7-14(11-13)16-20(17,18)10-9-19-4-2/h5-7,11,15-16H,3-4,8-10,12H2,1-2H3. The first-order chi connectivity index (χ1) is 9.57. The fourth-order valence-corrected chi connectivity index (χ4v) is 2.62. The zero-order valence-electron chi connectivity index (χ0n) is 12.2. The van der Waals surface area contributed by atoms with Gasteiger partial charge in [-0.25, -0.2) is 8.42 Å². The lowest BCUT2D eigenvalue weighted by Gasteiger charge is -2.10. The van der Waals surface area contributed by atoms with Gasteiger partial charge in [0.05, 0.1) is 12.4 Å². The minimum Gasteiger partial charge on any atom is -0.381 e. The molecule has 0 unspecified atom stereocenters. The minimum atomic E-state index is -3.34. The van der Waals surface area contributed by atoms with E-state index in [4.69, 9.17) is 4.74 Å². The fraction of sp³-hybridized carbons (Fsp3) is 0.571. The summed E-state index contributed by atoms with van der Waals surface area (Å²) in [5.74, 6) is -0.0286. The van der Waals surface area contributed by atoms with Gasteiger partial charge in [-0.15, -0.1) is 0 Å². The van der Waals surface area contributed by atoms with E-state index in [0.717, 1.165) is 25.1 Å². The number of benzene rings is 1. The first kappa shape index (κ1) is 16.9. The van der Waals surface area contributed by atoms with E-state index in [1.807, 2.05) is 25.1 Å². The third-order valence-electron chi connectivity index (χ3n) is 2.66. The third-order valence-corrected chi connectivity index (χ3v) is 3.91. The second-order valence-electron chi connectivity index (χ2n) is 4.50. The molecule has 0 aromatic heterocycles. The lowest BCUT2D eigenvalue weighted by Crippen LogP contribution is -2.20. The minimum absolute atomic E-state index is 0.0286. The van der Waals surface area contributed by atoms with Crippen molar-refractivity contribution >= 4 is 15.7 Å². The molecule has 5 nitrogen and oxygen atoms in total. The highest BCUT2D eigenvalue weighted by Gasteiger charge is 2.10. The van der Waals surface area contributed by atoms with Crippen molar-refractivity contribution in [1.29, 1.82) is 0 Å². The maximum absolute atomic E-state index is 11.8. The maximum atomic E-state index is 11.8. The van der Waals surface area contributed by atoms with E-state index in [2.05, 4.69) is 17.0 Å². The van der Waals surface area contributed by atoms with Gasteiger partial charge in [-0.3, -0.25) is 4.72 Å². The van der Waals surface area contributed by atoms with Gasteiger partial charge in [-0.1, -0.05) is 19.1 Å². The number of rotatable bonds is 10. The van der Waals surface area contributed by atoms with Crippen LogP contribution in [0.3, 0.4) is 0 Å². The van der Waals surface area contributed by atoms with Gasteiger partial charge in [-0.05, 0) is 37.6 Å². The molecule has 6 heteroatoms. The highest BCUT2D eigenvalue weighted by atomic mass is 32.2. The van der Waals surface area contributed by atoms with E-state index in [1.165, 1.54) is 0 Å². The Hall–Kier alpha value is -1.11. The van der Waals surface area contributed by atoms with Gasteiger partial charge in [-0.2, -0.15) is 0 Å². The SMILES string of the molecule is CCCNCc1cccc(NS(=O)(=O)CCOCC)c1. The summed E-state index contributed by atoms with van der Waals surface area (Å²) in [6.07, 6.45) is 1.07. The molecule has 0 amide bonds. The highest BCUT2D eigenvalue weighted by Crippen LogP contribution is 2.12. The van der Waals surface area contributed by atoms with Crippen molar-refractivity contribution in [3.63, 3.8) is 0 Å². The van der Waals surface area contributed by atoms with E-state index in [1.54, 1.807) is 6.07 Å². The smallest absolute Gasteiger partial charge is 0.234 e. The van der Waals surface area contributed by atoms with E-state index < -0.39 is 10.0 Å². The Morgan fingerprint density at radius 3 is 2.75 bits per heavy atom. The van der Waals surface area contributed by atoms with Gasteiger partial charge in [0.1, 0.15) is 0 Å². The number of sulfonamides is 1. The van der Waals surface area contributed by atoms with Crippen LogP contribution in [-0.2, 0) is 21.3 Å². The first-order valence-corrected chi connectivity index (χ1v) is 8.60. The molecule has 0 aliphatic heterocycles. The third kappa shape index (κ3) is 6.88. The molecule has 0 bridgehead atoms. The van der Waals surface area contributed by atoms with Crippen molar-refractivity contribution in [2.75, 3.05) is 30.2 Å². The summed E-state index contributed by atoms with van der Waals surface area (Å²) in [7, 11) is -3.34. The molecule has 20 heavy (non-hydrogen) atoms. The van der Waals surface area contributed by atoms with E-state index in [-0.39, 0.29) is 12.4 Å². The Labute approximate surface area is 121 Å². The molecule has 1 aromatic rings. The van der Waals surface area contributed by atoms with Gasteiger partial charge < -0.3 is 10.1 Å². The molecule has 0 spiro atoms. The molecule has 0 radical (unpaired) electrons. The highest BCUT2D eigenvalue weighted by molar-refractivity contribution is 7.92. The van der Waals surface area contributed by atoms with E-state index in [9.17, 15) is 8.42 Å². The summed E-state index contributed by atoms with van der Waals surface area (Å²) in [4.78, 5) is 0. The molecule has 0 aliphatic rings. The summed E-state index contributed by atoms with van der Waals surface area (Å²) in [6, 6.07) is 7.42. The average molecular weight is 300 g/mol. The molecule has 0 saturated heterocycles.